The third-order valence-electron chi connectivity index (χ3n) is 5.81. The number of hydrogen-bond donors (Lipinski definition) is 1. The van der Waals surface area contributed by atoms with Crippen LogP contribution in [0.2, 0.25) is 0 Å². The summed E-state index contributed by atoms with van der Waals surface area (Å²) in [6, 6.07) is 15.8. The van der Waals surface area contributed by atoms with Crippen LogP contribution in [0.4, 0.5) is 0 Å². The molecule has 5 nitrogen and oxygen atoms in total. The van der Waals surface area contributed by atoms with Crippen molar-refractivity contribution in [2.24, 2.45) is 0 Å². The number of likely N-dealkylation sites (tertiary alicyclic amines) is 1. The van der Waals surface area contributed by atoms with E-state index in [1.54, 1.807) is 11.3 Å². The first-order valence-electron chi connectivity index (χ1n) is 10.9. The van der Waals surface area contributed by atoms with E-state index in [-0.39, 0.29) is 23.3 Å². The van der Waals surface area contributed by atoms with Crippen molar-refractivity contribution in [2.75, 3.05) is 13.1 Å². The Morgan fingerprint density at radius 2 is 1.87 bits per heavy atom. The molecule has 0 spiro atoms. The van der Waals surface area contributed by atoms with Gasteiger partial charge in [0.2, 0.25) is 5.91 Å². The standard InChI is InChI=1S/C25H29N3O2S/c1-25(2,3)18-12-10-17(11-13-18)23(30)26-15-14-22(29)28-16-6-8-20(28)24-27-19-7-4-5-9-21(19)31-24/h4-5,7,9-13,20H,6,8,14-16H2,1-3H3,(H,26,30)/t20-/m0/s1. The first-order valence-corrected chi connectivity index (χ1v) is 11.7. The maximum absolute atomic E-state index is 12.9. The van der Waals surface area contributed by atoms with Gasteiger partial charge in [-0.2, -0.15) is 0 Å². The topological polar surface area (TPSA) is 62.3 Å². The largest absolute Gasteiger partial charge is 0.352 e. The van der Waals surface area contributed by atoms with E-state index in [1.807, 2.05) is 47.4 Å². The van der Waals surface area contributed by atoms with Gasteiger partial charge in [-0.25, -0.2) is 4.98 Å². The second-order valence-corrected chi connectivity index (χ2v) is 10.2. The van der Waals surface area contributed by atoms with E-state index < -0.39 is 0 Å². The number of para-hydroxylation sites is 1. The Labute approximate surface area is 187 Å². The van der Waals surface area contributed by atoms with Gasteiger partial charge in [0.1, 0.15) is 5.01 Å². The highest BCUT2D eigenvalue weighted by Gasteiger charge is 2.31. The van der Waals surface area contributed by atoms with Crippen LogP contribution in [-0.2, 0) is 10.2 Å². The van der Waals surface area contributed by atoms with E-state index in [0.29, 0.717) is 18.5 Å². The first-order chi connectivity index (χ1) is 14.8. The highest BCUT2D eigenvalue weighted by molar-refractivity contribution is 7.18. The Hall–Kier alpha value is -2.73. The van der Waals surface area contributed by atoms with Crippen molar-refractivity contribution < 1.29 is 9.59 Å². The summed E-state index contributed by atoms with van der Waals surface area (Å²) >= 11 is 1.67. The average molecular weight is 436 g/mol. The Bertz CT molecular complexity index is 1050. The first kappa shape index (κ1) is 21.5. The quantitative estimate of drug-likeness (QED) is 0.608. The summed E-state index contributed by atoms with van der Waals surface area (Å²) < 4.78 is 1.15. The Balaban J connectivity index is 1.33. The minimum Gasteiger partial charge on any atom is -0.352 e. The molecule has 1 saturated heterocycles. The molecular weight excluding hydrogens is 406 g/mol. The molecule has 3 aromatic rings. The van der Waals surface area contributed by atoms with E-state index in [0.717, 1.165) is 34.6 Å². The van der Waals surface area contributed by atoms with Crippen molar-refractivity contribution in [2.45, 2.75) is 51.5 Å². The molecule has 31 heavy (non-hydrogen) atoms. The van der Waals surface area contributed by atoms with Crippen molar-refractivity contribution in [3.63, 3.8) is 0 Å². The predicted octanol–water partition coefficient (Wildman–Crippen LogP) is 5.08. The minimum absolute atomic E-state index is 0.0468. The minimum atomic E-state index is -0.141. The summed E-state index contributed by atoms with van der Waals surface area (Å²) in [5.74, 6) is -0.0671. The van der Waals surface area contributed by atoms with E-state index in [2.05, 4.69) is 32.2 Å². The van der Waals surface area contributed by atoms with Gasteiger partial charge < -0.3 is 10.2 Å². The molecule has 2 aromatic carbocycles. The van der Waals surface area contributed by atoms with Crippen LogP contribution >= 0.6 is 11.3 Å². The molecule has 1 N–H and O–H groups in total. The number of benzene rings is 2. The van der Waals surface area contributed by atoms with Crippen LogP contribution in [0.15, 0.2) is 48.5 Å². The molecule has 6 heteroatoms. The predicted molar refractivity (Wildman–Crippen MR) is 125 cm³/mol. The second kappa shape index (κ2) is 8.79. The van der Waals surface area contributed by atoms with Crippen molar-refractivity contribution in [3.8, 4) is 0 Å². The summed E-state index contributed by atoms with van der Waals surface area (Å²) in [5, 5.41) is 3.90. The number of hydrogen-bond acceptors (Lipinski definition) is 4. The van der Waals surface area contributed by atoms with Crippen molar-refractivity contribution in [1.29, 1.82) is 0 Å². The zero-order valence-corrected chi connectivity index (χ0v) is 19.2. The molecule has 0 saturated carbocycles. The maximum atomic E-state index is 12.9. The lowest BCUT2D eigenvalue weighted by Crippen LogP contribution is -2.34. The van der Waals surface area contributed by atoms with Crippen LogP contribution in [0.5, 0.6) is 0 Å². The fourth-order valence-electron chi connectivity index (χ4n) is 4.00. The Morgan fingerprint density at radius 1 is 1.13 bits per heavy atom. The number of nitrogens with zero attached hydrogens (tertiary/aromatic N) is 2. The number of thiazole rings is 1. The van der Waals surface area contributed by atoms with Crippen molar-refractivity contribution in [3.05, 3.63) is 64.7 Å². The molecule has 1 fully saturated rings. The molecule has 0 bridgehead atoms. The molecular formula is C25H29N3O2S. The molecule has 2 amide bonds. The summed E-state index contributed by atoms with van der Waals surface area (Å²) in [6.45, 7) is 7.53. The molecule has 0 unspecified atom stereocenters. The van der Waals surface area contributed by atoms with Crippen LogP contribution in [0.25, 0.3) is 10.2 Å². The molecule has 1 aromatic heterocycles. The Kier molecular flexibility index (Phi) is 6.10. The third kappa shape index (κ3) is 4.79. The lowest BCUT2D eigenvalue weighted by Gasteiger charge is -2.23. The molecule has 0 aliphatic carbocycles. The van der Waals surface area contributed by atoms with Gasteiger partial charge in [0.15, 0.2) is 0 Å². The van der Waals surface area contributed by atoms with Crippen molar-refractivity contribution >= 4 is 33.4 Å². The monoisotopic (exact) mass is 435 g/mol. The smallest absolute Gasteiger partial charge is 0.251 e. The van der Waals surface area contributed by atoms with Gasteiger partial charge in [-0.05, 0) is 48.1 Å². The second-order valence-electron chi connectivity index (χ2n) is 9.10. The number of amides is 2. The number of fused-ring (bicyclic) bond motifs is 1. The van der Waals surface area contributed by atoms with Gasteiger partial charge in [-0.15, -0.1) is 11.3 Å². The molecule has 4 rings (SSSR count). The van der Waals surface area contributed by atoms with Crippen LogP contribution in [0.1, 0.15) is 67.0 Å². The average Bonchev–Trinajstić information content (AvgIpc) is 3.39. The third-order valence-corrected chi connectivity index (χ3v) is 6.94. The normalized spacial score (nSPS) is 16.6. The van der Waals surface area contributed by atoms with Gasteiger partial charge in [0.05, 0.1) is 16.3 Å². The number of carbonyl (C=O) groups excluding carboxylic acids is 2. The Morgan fingerprint density at radius 3 is 2.58 bits per heavy atom. The zero-order valence-electron chi connectivity index (χ0n) is 18.4. The van der Waals surface area contributed by atoms with Gasteiger partial charge >= 0.3 is 0 Å². The van der Waals surface area contributed by atoms with Gasteiger partial charge in [-0.1, -0.05) is 45.0 Å². The summed E-state index contributed by atoms with van der Waals surface area (Å²) in [5.41, 5.74) is 2.85. The molecule has 1 aliphatic heterocycles. The van der Waals surface area contributed by atoms with Gasteiger partial charge in [-0.3, -0.25) is 9.59 Å². The summed E-state index contributed by atoms with van der Waals surface area (Å²) in [7, 11) is 0. The zero-order chi connectivity index (χ0) is 22.0. The summed E-state index contributed by atoms with van der Waals surface area (Å²) in [4.78, 5) is 32.0. The van der Waals surface area contributed by atoms with E-state index in [1.165, 1.54) is 5.56 Å². The number of aromatic nitrogens is 1. The van der Waals surface area contributed by atoms with Crippen LogP contribution in [0.3, 0.4) is 0 Å². The van der Waals surface area contributed by atoms with Crippen LogP contribution in [-0.4, -0.2) is 34.8 Å². The van der Waals surface area contributed by atoms with Crippen LogP contribution in [0, 0.1) is 0 Å². The van der Waals surface area contributed by atoms with E-state index >= 15 is 0 Å². The number of nitrogens with one attached hydrogen (secondary N) is 1. The highest BCUT2D eigenvalue weighted by atomic mass is 32.1. The van der Waals surface area contributed by atoms with E-state index in [4.69, 9.17) is 4.98 Å². The fraction of sp³-hybridized carbons (Fsp3) is 0.400. The van der Waals surface area contributed by atoms with Gasteiger partial charge in [0.25, 0.3) is 5.91 Å². The number of rotatable bonds is 5. The molecule has 1 atom stereocenters. The molecule has 2 heterocycles. The number of carbonyl (C=O) groups is 2. The van der Waals surface area contributed by atoms with Crippen LogP contribution < -0.4 is 5.32 Å². The lowest BCUT2D eigenvalue weighted by molar-refractivity contribution is -0.132. The lowest BCUT2D eigenvalue weighted by atomic mass is 9.87. The van der Waals surface area contributed by atoms with E-state index in [9.17, 15) is 9.59 Å². The molecule has 0 radical (unpaired) electrons. The van der Waals surface area contributed by atoms with Crippen molar-refractivity contribution in [1.82, 2.24) is 15.2 Å². The highest BCUT2D eigenvalue weighted by Crippen LogP contribution is 2.36. The summed E-state index contributed by atoms with van der Waals surface area (Å²) in [6.07, 6.45) is 2.23. The van der Waals surface area contributed by atoms with Gasteiger partial charge in [0, 0.05) is 25.1 Å². The fourth-order valence-corrected chi connectivity index (χ4v) is 5.12. The maximum Gasteiger partial charge on any atom is 0.251 e. The molecule has 162 valence electrons. The molecule has 1 aliphatic rings. The SMILES string of the molecule is CC(C)(C)c1ccc(C(=O)NCCC(=O)N2CCC[C@H]2c2nc3ccccc3s2)cc1.